The number of hydrogen-bond acceptors (Lipinski definition) is 6. The van der Waals surface area contributed by atoms with E-state index in [-0.39, 0.29) is 18.2 Å². The summed E-state index contributed by atoms with van der Waals surface area (Å²) >= 11 is 0. The summed E-state index contributed by atoms with van der Waals surface area (Å²) in [6.45, 7) is 11.5. The van der Waals surface area contributed by atoms with Crippen LogP contribution in [0, 0.1) is 0 Å². The number of benzene rings is 2. The summed E-state index contributed by atoms with van der Waals surface area (Å²) in [4.78, 5) is 28.6. The molecule has 0 aromatic heterocycles. The van der Waals surface area contributed by atoms with Crippen molar-refractivity contribution in [1.82, 2.24) is 4.90 Å². The molecule has 0 saturated heterocycles. The Kier molecular flexibility index (Phi) is 8.95. The lowest BCUT2D eigenvalue weighted by Crippen LogP contribution is -2.34. The average molecular weight is 543 g/mol. The van der Waals surface area contributed by atoms with Crippen LogP contribution in [-0.2, 0) is 16.0 Å². The molecule has 4 rings (SSSR count). The van der Waals surface area contributed by atoms with Crippen LogP contribution in [-0.4, -0.2) is 61.8 Å². The zero-order valence-electron chi connectivity index (χ0n) is 24.0. The molecule has 2 aromatic rings. The molecule has 1 aliphatic heterocycles. The maximum Gasteiger partial charge on any atom is 0.336 e. The highest BCUT2D eigenvalue weighted by molar-refractivity contribution is 6.00. The van der Waals surface area contributed by atoms with Crippen molar-refractivity contribution >= 4 is 23.2 Å². The topological polar surface area (TPSA) is 79.3 Å². The molecule has 0 saturated carbocycles. The van der Waals surface area contributed by atoms with E-state index in [9.17, 15) is 14.7 Å². The van der Waals surface area contributed by atoms with Gasteiger partial charge in [-0.25, -0.2) is 9.59 Å². The number of fused-ring (bicyclic) bond motifs is 2. The largest absolute Gasteiger partial charge is 0.478 e. The van der Waals surface area contributed by atoms with E-state index in [2.05, 4.69) is 43.6 Å². The van der Waals surface area contributed by atoms with Gasteiger partial charge in [0.2, 0.25) is 0 Å². The van der Waals surface area contributed by atoms with Crippen molar-refractivity contribution in [3.63, 3.8) is 0 Å². The Bertz CT molecular complexity index is 1410. The van der Waals surface area contributed by atoms with E-state index >= 15 is 0 Å². The Balaban J connectivity index is 1.77. The van der Waals surface area contributed by atoms with Gasteiger partial charge in [0.15, 0.2) is 0 Å². The highest BCUT2D eigenvalue weighted by Crippen LogP contribution is 2.45. The number of esters is 1. The lowest BCUT2D eigenvalue weighted by Gasteiger charge is -2.32. The van der Waals surface area contributed by atoms with Gasteiger partial charge in [0.25, 0.3) is 0 Å². The normalized spacial score (nSPS) is 15.7. The maximum atomic E-state index is 12.6. The minimum atomic E-state index is -0.997. The number of rotatable bonds is 11. The second kappa shape index (κ2) is 12.4. The molecule has 0 amide bonds. The van der Waals surface area contributed by atoms with Crippen molar-refractivity contribution in [3.05, 3.63) is 100 Å². The van der Waals surface area contributed by atoms with Crippen molar-refractivity contribution in [2.45, 2.75) is 39.7 Å². The molecule has 2 aromatic carbocycles. The molecule has 1 N–H and O–H groups in total. The van der Waals surface area contributed by atoms with E-state index in [1.165, 1.54) is 0 Å². The molecule has 1 aliphatic carbocycles. The van der Waals surface area contributed by atoms with Crippen LogP contribution in [0.3, 0.4) is 0 Å². The molecule has 7 heteroatoms. The summed E-state index contributed by atoms with van der Waals surface area (Å²) < 4.78 is 11.7. The summed E-state index contributed by atoms with van der Waals surface area (Å²) in [7, 11) is 3.96. The predicted molar refractivity (Wildman–Crippen MR) is 159 cm³/mol. The molecular weight excluding hydrogens is 504 g/mol. The van der Waals surface area contributed by atoms with Gasteiger partial charge < -0.3 is 19.5 Å². The van der Waals surface area contributed by atoms with E-state index < -0.39 is 11.9 Å². The fraction of sp³-hybridized carbons (Fsp3) is 0.333. The highest BCUT2D eigenvalue weighted by Gasteiger charge is 2.30. The zero-order valence-corrected chi connectivity index (χ0v) is 24.0. The van der Waals surface area contributed by atoms with Gasteiger partial charge in [-0.3, -0.25) is 4.90 Å². The number of aryl methyl sites for hydroxylation is 1. The molecule has 210 valence electrons. The molecule has 0 radical (unpaired) electrons. The standard InChI is InChI=1S/C33H38N2O5/c1-7-35(8-2)24-13-16-27-30(20-24)40-29-19-23(34(5)6)12-15-26(29)31(27)25-14-11-22(18-28(25)32(36)37)10-9-17-39-33(38)21(3)4/h11-16,18-20,24H,3,7-10,17H2,1-2,4-6H3,(H,36,37). The van der Waals surface area contributed by atoms with Gasteiger partial charge in [-0.2, -0.15) is 0 Å². The van der Waals surface area contributed by atoms with Gasteiger partial charge in [-0.05, 0) is 68.3 Å². The van der Waals surface area contributed by atoms with Crippen LogP contribution in [0.2, 0.25) is 0 Å². The first-order valence-electron chi connectivity index (χ1n) is 13.7. The molecule has 7 nitrogen and oxygen atoms in total. The van der Waals surface area contributed by atoms with Crippen molar-refractivity contribution in [1.29, 1.82) is 0 Å². The van der Waals surface area contributed by atoms with Gasteiger partial charge in [0, 0.05) is 48.1 Å². The third-order valence-corrected chi connectivity index (χ3v) is 7.30. The van der Waals surface area contributed by atoms with E-state index in [1.54, 1.807) is 13.0 Å². The molecular formula is C33H38N2O5. The number of carbonyl (C=O) groups is 2. The molecule has 1 unspecified atom stereocenters. The monoisotopic (exact) mass is 542 g/mol. The Morgan fingerprint density at radius 1 is 1.07 bits per heavy atom. The first-order valence-corrected chi connectivity index (χ1v) is 13.7. The first-order chi connectivity index (χ1) is 19.1. The number of carboxylic acids is 1. The number of anilines is 1. The molecule has 1 heterocycles. The SMILES string of the molecule is C=C(C)C(=O)OCCCc1ccc(C2=C3C=CC(N(CC)CC)C=C3Oc3cc(N(C)C)ccc32)c(C(=O)O)c1. The Labute approximate surface area is 236 Å². The van der Waals surface area contributed by atoms with Crippen LogP contribution >= 0.6 is 0 Å². The molecule has 0 fully saturated rings. The number of ether oxygens (including phenoxy) is 2. The summed E-state index contributed by atoms with van der Waals surface area (Å²) in [6.07, 6.45) is 7.49. The number of carboxylic acid groups (broad SMARTS) is 1. The Hall–Kier alpha value is -4.10. The van der Waals surface area contributed by atoms with E-state index in [0.29, 0.717) is 29.7 Å². The number of likely N-dealkylation sites (N-methyl/N-ethyl adjacent to an activating group) is 1. The van der Waals surface area contributed by atoms with E-state index in [1.807, 2.05) is 49.3 Å². The van der Waals surface area contributed by atoms with Gasteiger partial charge in [-0.1, -0.05) is 44.7 Å². The Morgan fingerprint density at radius 2 is 1.80 bits per heavy atom. The number of carbonyl (C=O) groups excluding carboxylic acids is 1. The van der Waals surface area contributed by atoms with Crippen molar-refractivity contribution < 1.29 is 24.2 Å². The molecule has 1 atom stereocenters. The summed E-state index contributed by atoms with van der Waals surface area (Å²) in [5.41, 5.74) is 5.64. The van der Waals surface area contributed by atoms with Crippen LogP contribution < -0.4 is 9.64 Å². The van der Waals surface area contributed by atoms with Gasteiger partial charge in [-0.15, -0.1) is 0 Å². The number of nitrogens with zero attached hydrogens (tertiary/aromatic N) is 2. The third kappa shape index (κ3) is 6.05. The second-order valence-electron chi connectivity index (χ2n) is 10.3. The predicted octanol–water partition coefficient (Wildman–Crippen LogP) is 5.86. The van der Waals surface area contributed by atoms with Crippen LogP contribution in [0.15, 0.2) is 78.1 Å². The van der Waals surface area contributed by atoms with Crippen LogP contribution in [0.5, 0.6) is 5.75 Å². The minimum Gasteiger partial charge on any atom is -0.478 e. The van der Waals surface area contributed by atoms with Crippen molar-refractivity contribution in [2.75, 3.05) is 38.7 Å². The van der Waals surface area contributed by atoms with Crippen LogP contribution in [0.4, 0.5) is 5.69 Å². The summed E-state index contributed by atoms with van der Waals surface area (Å²) in [5.74, 6) is 0.0169. The van der Waals surface area contributed by atoms with Gasteiger partial charge >= 0.3 is 11.9 Å². The highest BCUT2D eigenvalue weighted by atomic mass is 16.5. The molecule has 0 bridgehead atoms. The Morgan fingerprint density at radius 3 is 2.45 bits per heavy atom. The zero-order chi connectivity index (χ0) is 29.0. The van der Waals surface area contributed by atoms with Gasteiger partial charge in [0.05, 0.1) is 18.2 Å². The maximum absolute atomic E-state index is 12.6. The lowest BCUT2D eigenvalue weighted by atomic mass is 9.84. The molecule has 2 aliphatic rings. The van der Waals surface area contributed by atoms with Crippen molar-refractivity contribution in [2.24, 2.45) is 0 Å². The first kappa shape index (κ1) is 28.9. The van der Waals surface area contributed by atoms with Crippen LogP contribution in [0.25, 0.3) is 5.57 Å². The average Bonchev–Trinajstić information content (AvgIpc) is 2.94. The number of aromatic carboxylic acids is 1. The smallest absolute Gasteiger partial charge is 0.336 e. The number of allylic oxidation sites excluding steroid dienone is 1. The fourth-order valence-corrected chi connectivity index (χ4v) is 5.09. The van der Waals surface area contributed by atoms with Gasteiger partial charge in [0.1, 0.15) is 11.5 Å². The quantitative estimate of drug-likeness (QED) is 0.216. The molecule has 0 spiro atoms. The summed E-state index contributed by atoms with van der Waals surface area (Å²) in [6, 6.07) is 11.7. The summed E-state index contributed by atoms with van der Waals surface area (Å²) in [5, 5.41) is 10.3. The fourth-order valence-electron chi connectivity index (χ4n) is 5.09. The number of hydrogen-bond donors (Lipinski definition) is 1. The molecule has 40 heavy (non-hydrogen) atoms. The van der Waals surface area contributed by atoms with E-state index in [0.717, 1.165) is 46.8 Å². The van der Waals surface area contributed by atoms with Crippen molar-refractivity contribution in [3.8, 4) is 5.75 Å². The van der Waals surface area contributed by atoms with E-state index in [4.69, 9.17) is 9.47 Å². The second-order valence-corrected chi connectivity index (χ2v) is 10.3. The third-order valence-electron chi connectivity index (χ3n) is 7.30. The lowest BCUT2D eigenvalue weighted by molar-refractivity contribution is -0.139. The minimum absolute atomic E-state index is 0.0916. The van der Waals surface area contributed by atoms with Crippen LogP contribution in [0.1, 0.15) is 54.2 Å².